The molecule has 0 unspecified atom stereocenters. The highest BCUT2D eigenvalue weighted by Gasteiger charge is 2.20. The molecule has 0 spiro atoms. The van der Waals surface area contributed by atoms with Gasteiger partial charge >= 0.3 is 0 Å². The Balaban J connectivity index is 1.74. The van der Waals surface area contributed by atoms with E-state index in [9.17, 15) is 14.9 Å². The Kier molecular flexibility index (Phi) is 6.14. The van der Waals surface area contributed by atoms with E-state index in [4.69, 9.17) is 0 Å². The number of hydrogen-bond acceptors (Lipinski definition) is 3. The minimum Gasteiger partial charge on any atom is -0.328 e. The average molecular weight is 376 g/mol. The number of nitro benzene ring substituents is 1. The number of nitrogens with two attached hydrogens (primary N) is 1. The third-order valence-electron chi connectivity index (χ3n) is 4.51. The Labute approximate surface area is 163 Å². The Hall–Kier alpha value is -3.51. The first kappa shape index (κ1) is 19.3. The lowest BCUT2D eigenvalue weighted by atomic mass is 9.98. The van der Waals surface area contributed by atoms with Gasteiger partial charge in [0, 0.05) is 17.2 Å². The van der Waals surface area contributed by atoms with E-state index >= 15 is 0 Å². The second-order valence-electron chi connectivity index (χ2n) is 6.56. The summed E-state index contributed by atoms with van der Waals surface area (Å²) in [5.41, 5.74) is 3.44. The predicted octanol–water partition coefficient (Wildman–Crippen LogP) is 3.19. The van der Waals surface area contributed by atoms with Gasteiger partial charge in [-0.25, -0.2) is 0 Å². The average Bonchev–Trinajstić information content (AvgIpc) is 2.70. The number of hydrogen-bond donors (Lipinski definition) is 2. The van der Waals surface area contributed by atoms with Crippen LogP contribution in [0, 0.1) is 17.0 Å². The molecular weight excluding hydrogens is 354 g/mol. The Bertz CT molecular complexity index is 956. The zero-order chi connectivity index (χ0) is 19.9. The number of nitrogens with one attached hydrogen (secondary N) is 1. The molecule has 1 atom stereocenters. The zero-order valence-electron chi connectivity index (χ0n) is 15.5. The molecule has 3 rings (SSSR count). The van der Waals surface area contributed by atoms with Crippen LogP contribution in [-0.2, 0) is 4.79 Å². The topological polar surface area (TPSA) is 88.8 Å². The molecule has 0 fully saturated rings. The van der Waals surface area contributed by atoms with Crippen LogP contribution in [0.1, 0.15) is 22.7 Å². The molecule has 0 saturated heterocycles. The van der Waals surface area contributed by atoms with Crippen LogP contribution in [0.15, 0.2) is 78.9 Å². The van der Waals surface area contributed by atoms with Crippen molar-refractivity contribution in [2.75, 3.05) is 11.9 Å². The SMILES string of the molecule is Cc1ccc([C@H]([NH2+]CC(=O)Nc2ccccc2[N+](=O)[O-])c2ccccc2)cc1. The standard InChI is InChI=1S/C22H21N3O3/c1-16-11-13-18(14-12-16)22(17-7-3-2-4-8-17)23-15-21(26)24-19-9-5-6-10-20(19)25(27)28/h2-14,22-23H,15H2,1H3,(H,24,26)/p+1/t22-/m1/s1. The van der Waals surface area contributed by atoms with Gasteiger partial charge in [0.2, 0.25) is 0 Å². The Morgan fingerprint density at radius 3 is 2.25 bits per heavy atom. The molecule has 0 aliphatic heterocycles. The number of anilines is 1. The summed E-state index contributed by atoms with van der Waals surface area (Å²) in [5, 5.41) is 15.7. The van der Waals surface area contributed by atoms with E-state index < -0.39 is 4.92 Å². The zero-order valence-corrected chi connectivity index (χ0v) is 15.5. The molecule has 0 aliphatic rings. The van der Waals surface area contributed by atoms with Gasteiger partial charge in [0.1, 0.15) is 11.7 Å². The highest BCUT2D eigenvalue weighted by molar-refractivity contribution is 5.93. The molecule has 0 aromatic heterocycles. The summed E-state index contributed by atoms with van der Waals surface area (Å²) in [5.74, 6) is -0.289. The fourth-order valence-corrected chi connectivity index (χ4v) is 3.06. The molecule has 0 saturated carbocycles. The van der Waals surface area contributed by atoms with Crippen molar-refractivity contribution in [2.45, 2.75) is 13.0 Å². The van der Waals surface area contributed by atoms with E-state index in [0.29, 0.717) is 0 Å². The van der Waals surface area contributed by atoms with Crippen molar-refractivity contribution in [3.63, 3.8) is 0 Å². The second-order valence-corrected chi connectivity index (χ2v) is 6.56. The maximum absolute atomic E-state index is 12.4. The summed E-state index contributed by atoms with van der Waals surface area (Å²) in [6, 6.07) is 24.3. The van der Waals surface area contributed by atoms with Crippen molar-refractivity contribution in [2.24, 2.45) is 0 Å². The first-order chi connectivity index (χ1) is 13.5. The molecule has 3 aromatic rings. The highest BCUT2D eigenvalue weighted by atomic mass is 16.6. The maximum Gasteiger partial charge on any atom is 0.292 e. The van der Waals surface area contributed by atoms with E-state index in [1.54, 1.807) is 12.1 Å². The largest absolute Gasteiger partial charge is 0.328 e. The van der Waals surface area contributed by atoms with Crippen LogP contribution in [0.2, 0.25) is 0 Å². The van der Waals surface area contributed by atoms with Crippen LogP contribution in [0.25, 0.3) is 0 Å². The molecule has 0 radical (unpaired) electrons. The van der Waals surface area contributed by atoms with Crippen LogP contribution < -0.4 is 10.6 Å². The van der Waals surface area contributed by atoms with Crippen molar-refractivity contribution >= 4 is 17.3 Å². The molecule has 0 bridgehead atoms. The van der Waals surface area contributed by atoms with Gasteiger partial charge in [-0.05, 0) is 13.0 Å². The van der Waals surface area contributed by atoms with Gasteiger partial charge in [0.05, 0.1) is 4.92 Å². The van der Waals surface area contributed by atoms with E-state index in [-0.39, 0.29) is 29.9 Å². The number of amides is 1. The van der Waals surface area contributed by atoms with Gasteiger partial charge in [-0.1, -0.05) is 72.3 Å². The summed E-state index contributed by atoms with van der Waals surface area (Å²) >= 11 is 0. The molecule has 3 aromatic carbocycles. The van der Waals surface area contributed by atoms with Crippen LogP contribution in [-0.4, -0.2) is 17.4 Å². The fraction of sp³-hybridized carbons (Fsp3) is 0.136. The predicted molar refractivity (Wildman–Crippen MR) is 108 cm³/mol. The third-order valence-corrected chi connectivity index (χ3v) is 4.51. The number of carbonyl (C=O) groups excluding carboxylic acids is 1. The van der Waals surface area contributed by atoms with Crippen molar-refractivity contribution < 1.29 is 15.0 Å². The van der Waals surface area contributed by atoms with E-state index in [0.717, 1.165) is 11.1 Å². The number of para-hydroxylation sites is 2. The minimum absolute atomic E-state index is 0.0432. The molecule has 6 nitrogen and oxygen atoms in total. The first-order valence-corrected chi connectivity index (χ1v) is 9.02. The second kappa shape index (κ2) is 8.92. The number of rotatable bonds is 7. The molecule has 0 aliphatic carbocycles. The lowest BCUT2D eigenvalue weighted by molar-refractivity contribution is -0.676. The third kappa shape index (κ3) is 4.81. The molecule has 0 heterocycles. The summed E-state index contributed by atoms with van der Waals surface area (Å²) in [7, 11) is 0. The van der Waals surface area contributed by atoms with Crippen LogP contribution >= 0.6 is 0 Å². The quantitative estimate of drug-likeness (QED) is 0.490. The summed E-state index contributed by atoms with van der Waals surface area (Å²) < 4.78 is 0. The van der Waals surface area contributed by atoms with Gasteiger partial charge in [-0.3, -0.25) is 14.9 Å². The highest BCUT2D eigenvalue weighted by Crippen LogP contribution is 2.23. The summed E-state index contributed by atoms with van der Waals surface area (Å²) in [6.07, 6.45) is 0. The van der Waals surface area contributed by atoms with Crippen LogP contribution in [0.5, 0.6) is 0 Å². The summed E-state index contributed by atoms with van der Waals surface area (Å²) in [4.78, 5) is 23.1. The van der Waals surface area contributed by atoms with Crippen molar-refractivity contribution in [1.29, 1.82) is 0 Å². The van der Waals surface area contributed by atoms with Gasteiger partial charge < -0.3 is 10.6 Å². The van der Waals surface area contributed by atoms with Gasteiger partial charge in [-0.15, -0.1) is 0 Å². The fourth-order valence-electron chi connectivity index (χ4n) is 3.06. The molecule has 6 heteroatoms. The normalized spacial score (nSPS) is 11.6. The van der Waals surface area contributed by atoms with Gasteiger partial charge in [0.25, 0.3) is 11.6 Å². The van der Waals surface area contributed by atoms with Gasteiger partial charge in [-0.2, -0.15) is 0 Å². The molecular formula is C22H22N3O3+. The first-order valence-electron chi connectivity index (χ1n) is 9.02. The number of quaternary nitrogens is 1. The molecule has 1 amide bonds. The number of nitrogens with zero attached hydrogens (tertiary/aromatic N) is 1. The van der Waals surface area contributed by atoms with E-state index in [1.807, 2.05) is 54.7 Å². The number of nitro groups is 1. The lowest BCUT2D eigenvalue weighted by Crippen LogP contribution is -2.87. The lowest BCUT2D eigenvalue weighted by Gasteiger charge is -2.17. The molecule has 28 heavy (non-hydrogen) atoms. The molecule has 142 valence electrons. The smallest absolute Gasteiger partial charge is 0.292 e. The maximum atomic E-state index is 12.4. The monoisotopic (exact) mass is 376 g/mol. The van der Waals surface area contributed by atoms with E-state index in [2.05, 4.69) is 17.4 Å². The van der Waals surface area contributed by atoms with Gasteiger partial charge in [0.15, 0.2) is 6.54 Å². The summed E-state index contributed by atoms with van der Waals surface area (Å²) in [6.45, 7) is 2.17. The Morgan fingerprint density at radius 1 is 0.964 bits per heavy atom. The van der Waals surface area contributed by atoms with Crippen LogP contribution in [0.4, 0.5) is 11.4 Å². The van der Waals surface area contributed by atoms with Crippen molar-refractivity contribution in [3.05, 3.63) is 106 Å². The minimum atomic E-state index is -0.502. The number of aryl methyl sites for hydroxylation is 1. The van der Waals surface area contributed by atoms with Crippen molar-refractivity contribution in [1.82, 2.24) is 0 Å². The van der Waals surface area contributed by atoms with Crippen molar-refractivity contribution in [3.8, 4) is 0 Å². The molecule has 3 N–H and O–H groups in total. The number of benzene rings is 3. The Morgan fingerprint density at radius 2 is 1.57 bits per heavy atom. The van der Waals surface area contributed by atoms with Crippen LogP contribution in [0.3, 0.4) is 0 Å². The van der Waals surface area contributed by atoms with E-state index in [1.165, 1.54) is 17.7 Å². The number of carbonyl (C=O) groups is 1.